The highest BCUT2D eigenvalue weighted by Crippen LogP contribution is 2.16. The number of aromatic nitrogens is 1. The number of halogens is 3. The molecule has 100 valence electrons. The molecule has 1 N–H and O–H groups in total. The molecule has 0 radical (unpaired) electrons. The van der Waals surface area contributed by atoms with Gasteiger partial charge in [0.1, 0.15) is 17.3 Å². The summed E-state index contributed by atoms with van der Waals surface area (Å²) < 4.78 is 28.2. The monoisotopic (exact) mass is 329 g/mol. The number of aryl methyl sites for hydroxylation is 2. The fourth-order valence-electron chi connectivity index (χ4n) is 1.84. The molecular formula is C13H10BrF2NO2. The van der Waals surface area contributed by atoms with Crippen LogP contribution >= 0.6 is 15.9 Å². The molecule has 2 rings (SSSR count). The van der Waals surface area contributed by atoms with Gasteiger partial charge >= 0.3 is 5.97 Å². The molecule has 1 aromatic heterocycles. The van der Waals surface area contributed by atoms with Gasteiger partial charge in [-0.25, -0.2) is 13.6 Å². The lowest BCUT2D eigenvalue weighted by Crippen LogP contribution is -2.09. The third kappa shape index (κ3) is 3.41. The number of rotatable bonds is 4. The molecule has 0 bridgehead atoms. The van der Waals surface area contributed by atoms with E-state index in [1.54, 1.807) is 6.20 Å². The number of benzene rings is 1. The van der Waals surface area contributed by atoms with E-state index in [1.807, 2.05) is 0 Å². The lowest BCUT2D eigenvalue weighted by molar-refractivity contribution is 0.0685. The fraction of sp³-hybridized carbons (Fsp3) is 0.154. The lowest BCUT2D eigenvalue weighted by atomic mass is 10.1. The number of hydrogen-bond acceptors (Lipinski definition) is 1. The highest BCUT2D eigenvalue weighted by molar-refractivity contribution is 9.10. The molecule has 0 amide bonds. The van der Waals surface area contributed by atoms with E-state index in [-0.39, 0.29) is 5.69 Å². The van der Waals surface area contributed by atoms with Crippen LogP contribution < -0.4 is 0 Å². The van der Waals surface area contributed by atoms with Crippen LogP contribution in [0.3, 0.4) is 0 Å². The van der Waals surface area contributed by atoms with Crippen LogP contribution in [0.15, 0.2) is 34.9 Å². The van der Waals surface area contributed by atoms with Gasteiger partial charge in [-0.3, -0.25) is 0 Å². The first-order valence-corrected chi connectivity index (χ1v) is 6.29. The van der Waals surface area contributed by atoms with E-state index in [0.717, 1.165) is 6.07 Å². The average Bonchev–Trinajstić information content (AvgIpc) is 2.67. The Balaban J connectivity index is 2.16. The van der Waals surface area contributed by atoms with Gasteiger partial charge in [0.15, 0.2) is 0 Å². The van der Waals surface area contributed by atoms with Gasteiger partial charge in [0, 0.05) is 23.3 Å². The summed E-state index contributed by atoms with van der Waals surface area (Å²) in [5.74, 6) is -2.32. The molecule has 0 aliphatic carbocycles. The van der Waals surface area contributed by atoms with E-state index in [1.165, 1.54) is 22.8 Å². The number of hydrogen-bond donors (Lipinski definition) is 1. The summed E-state index contributed by atoms with van der Waals surface area (Å²) in [5, 5.41) is 9.00. The predicted octanol–water partition coefficient (Wildman–Crippen LogP) is 3.47. The number of carbonyl (C=O) groups is 1. The Morgan fingerprint density at radius 1 is 1.21 bits per heavy atom. The molecule has 6 heteroatoms. The Kier molecular flexibility index (Phi) is 3.99. The van der Waals surface area contributed by atoms with E-state index in [2.05, 4.69) is 15.9 Å². The van der Waals surface area contributed by atoms with Gasteiger partial charge < -0.3 is 9.67 Å². The largest absolute Gasteiger partial charge is 0.477 e. The van der Waals surface area contributed by atoms with Crippen molar-refractivity contribution < 1.29 is 18.7 Å². The molecule has 1 heterocycles. The molecule has 0 saturated carbocycles. The smallest absolute Gasteiger partial charge is 0.352 e. The van der Waals surface area contributed by atoms with Crippen LogP contribution in [0.4, 0.5) is 8.78 Å². The van der Waals surface area contributed by atoms with Crippen LogP contribution in [0.2, 0.25) is 0 Å². The van der Waals surface area contributed by atoms with Crippen LogP contribution in [-0.2, 0) is 13.0 Å². The standard InChI is InChI=1S/C13H10BrF2NO2/c14-9-5-12(13(18)19)17(7-9)2-1-8-3-10(15)6-11(16)4-8/h3-7H,1-2H2,(H,18,19). The molecule has 0 fully saturated rings. The Morgan fingerprint density at radius 2 is 1.84 bits per heavy atom. The van der Waals surface area contributed by atoms with Crippen molar-refractivity contribution in [1.82, 2.24) is 4.57 Å². The number of carboxylic acid groups (broad SMARTS) is 1. The minimum Gasteiger partial charge on any atom is -0.477 e. The van der Waals surface area contributed by atoms with E-state index in [4.69, 9.17) is 5.11 Å². The maximum Gasteiger partial charge on any atom is 0.352 e. The maximum atomic E-state index is 13.0. The van der Waals surface area contributed by atoms with Crippen molar-refractivity contribution in [1.29, 1.82) is 0 Å². The summed E-state index contributed by atoms with van der Waals surface area (Å²) in [6.45, 7) is 0.329. The second kappa shape index (κ2) is 5.52. The van der Waals surface area contributed by atoms with Crippen LogP contribution in [0.1, 0.15) is 16.1 Å². The van der Waals surface area contributed by atoms with Gasteiger partial charge in [-0.15, -0.1) is 0 Å². The molecule has 0 unspecified atom stereocenters. The SMILES string of the molecule is O=C(O)c1cc(Br)cn1CCc1cc(F)cc(F)c1. The summed E-state index contributed by atoms with van der Waals surface area (Å²) in [7, 11) is 0. The Hall–Kier alpha value is -1.69. The topological polar surface area (TPSA) is 42.2 Å². The van der Waals surface area contributed by atoms with E-state index in [0.29, 0.717) is 23.0 Å². The highest BCUT2D eigenvalue weighted by Gasteiger charge is 2.11. The Morgan fingerprint density at radius 3 is 2.42 bits per heavy atom. The molecule has 0 aliphatic heterocycles. The predicted molar refractivity (Wildman–Crippen MR) is 69.2 cm³/mol. The molecular weight excluding hydrogens is 320 g/mol. The molecule has 2 aromatic rings. The quantitative estimate of drug-likeness (QED) is 0.933. The minimum atomic E-state index is -1.05. The third-order valence-corrected chi connectivity index (χ3v) is 3.08. The van der Waals surface area contributed by atoms with Crippen molar-refractivity contribution in [2.24, 2.45) is 0 Å². The second-order valence-electron chi connectivity index (χ2n) is 4.07. The molecule has 0 aliphatic rings. The van der Waals surface area contributed by atoms with Gasteiger partial charge in [-0.1, -0.05) is 0 Å². The lowest BCUT2D eigenvalue weighted by Gasteiger charge is -2.06. The van der Waals surface area contributed by atoms with Crippen molar-refractivity contribution in [3.8, 4) is 0 Å². The minimum absolute atomic E-state index is 0.128. The van der Waals surface area contributed by atoms with Crippen molar-refractivity contribution >= 4 is 21.9 Å². The molecule has 19 heavy (non-hydrogen) atoms. The van der Waals surface area contributed by atoms with Crippen molar-refractivity contribution in [2.45, 2.75) is 13.0 Å². The van der Waals surface area contributed by atoms with Crippen LogP contribution in [0, 0.1) is 11.6 Å². The zero-order valence-corrected chi connectivity index (χ0v) is 11.3. The van der Waals surface area contributed by atoms with Crippen molar-refractivity contribution in [2.75, 3.05) is 0 Å². The second-order valence-corrected chi connectivity index (χ2v) is 4.99. The van der Waals surface area contributed by atoms with Gasteiger partial charge in [-0.2, -0.15) is 0 Å². The zero-order valence-electron chi connectivity index (χ0n) is 9.74. The van der Waals surface area contributed by atoms with Crippen LogP contribution in [0.25, 0.3) is 0 Å². The zero-order chi connectivity index (χ0) is 14.0. The molecule has 1 aromatic carbocycles. The summed E-state index contributed by atoms with van der Waals surface area (Å²) in [6.07, 6.45) is 1.97. The maximum absolute atomic E-state index is 13.0. The first-order valence-electron chi connectivity index (χ1n) is 5.49. The molecule has 0 atom stereocenters. The highest BCUT2D eigenvalue weighted by atomic mass is 79.9. The van der Waals surface area contributed by atoms with E-state index < -0.39 is 17.6 Å². The first kappa shape index (κ1) is 13.7. The summed E-state index contributed by atoms with van der Waals surface area (Å²) in [4.78, 5) is 11.0. The molecule has 3 nitrogen and oxygen atoms in total. The number of aromatic carboxylic acids is 1. The van der Waals surface area contributed by atoms with Crippen molar-refractivity contribution in [3.05, 3.63) is 57.8 Å². The van der Waals surface area contributed by atoms with Gasteiger partial charge in [-0.05, 0) is 46.1 Å². The van der Waals surface area contributed by atoms with Crippen LogP contribution in [-0.4, -0.2) is 15.6 Å². The summed E-state index contributed by atoms with van der Waals surface area (Å²) in [5.41, 5.74) is 0.613. The van der Waals surface area contributed by atoms with E-state index in [9.17, 15) is 13.6 Å². The summed E-state index contributed by atoms with van der Waals surface area (Å²) in [6, 6.07) is 4.76. The van der Waals surface area contributed by atoms with Gasteiger partial charge in [0.05, 0.1) is 0 Å². The van der Waals surface area contributed by atoms with Crippen molar-refractivity contribution in [3.63, 3.8) is 0 Å². The molecule has 0 spiro atoms. The first-order chi connectivity index (χ1) is 8.95. The molecule has 0 saturated heterocycles. The Labute approximate surface area is 116 Å². The number of carboxylic acids is 1. The normalized spacial score (nSPS) is 10.7. The average molecular weight is 330 g/mol. The van der Waals surface area contributed by atoms with Gasteiger partial charge in [0.2, 0.25) is 0 Å². The van der Waals surface area contributed by atoms with Gasteiger partial charge in [0.25, 0.3) is 0 Å². The van der Waals surface area contributed by atoms with E-state index >= 15 is 0 Å². The van der Waals surface area contributed by atoms with Crippen LogP contribution in [0.5, 0.6) is 0 Å². The number of nitrogens with zero attached hydrogens (tertiary/aromatic N) is 1. The third-order valence-electron chi connectivity index (χ3n) is 2.65. The Bertz CT molecular complexity index is 605. The fourth-order valence-corrected chi connectivity index (χ4v) is 2.31. The summed E-state index contributed by atoms with van der Waals surface area (Å²) >= 11 is 3.20.